The van der Waals surface area contributed by atoms with Crippen molar-refractivity contribution in [2.75, 3.05) is 29.9 Å². The molecule has 0 unspecified atom stereocenters. The highest BCUT2D eigenvalue weighted by molar-refractivity contribution is 6.31. The Hall–Kier alpha value is -2.60. The van der Waals surface area contributed by atoms with E-state index >= 15 is 0 Å². The van der Waals surface area contributed by atoms with Gasteiger partial charge in [0, 0.05) is 37.6 Å². The zero-order chi connectivity index (χ0) is 20.2. The zero-order valence-corrected chi connectivity index (χ0v) is 17.2. The number of anilines is 2. The summed E-state index contributed by atoms with van der Waals surface area (Å²) in [6.45, 7) is 7.02. The van der Waals surface area contributed by atoms with Crippen molar-refractivity contribution in [3.05, 3.63) is 52.8 Å². The van der Waals surface area contributed by atoms with Gasteiger partial charge in [-0.3, -0.25) is 19.5 Å². The number of carbonyl (C=O) groups is 2. The van der Waals surface area contributed by atoms with Crippen LogP contribution in [0, 0.1) is 0 Å². The summed E-state index contributed by atoms with van der Waals surface area (Å²) in [4.78, 5) is 34.7. The number of amides is 2. The van der Waals surface area contributed by atoms with Gasteiger partial charge in [-0.15, -0.1) is 0 Å². The summed E-state index contributed by atoms with van der Waals surface area (Å²) < 4.78 is 0. The van der Waals surface area contributed by atoms with Crippen molar-refractivity contribution in [3.8, 4) is 0 Å². The van der Waals surface area contributed by atoms with E-state index in [4.69, 9.17) is 11.6 Å². The third kappa shape index (κ3) is 2.83. The second-order valence-electron chi connectivity index (χ2n) is 7.98. The maximum Gasteiger partial charge on any atom is 0.259 e. The van der Waals surface area contributed by atoms with Gasteiger partial charge in [0.1, 0.15) is 0 Å². The molecule has 146 valence electrons. The number of carbonyl (C=O) groups excluding carboxylic acids is 2. The van der Waals surface area contributed by atoms with Crippen molar-refractivity contribution in [2.24, 2.45) is 0 Å². The molecule has 28 heavy (non-hydrogen) atoms. The summed E-state index contributed by atoms with van der Waals surface area (Å²) in [5.41, 5.74) is 2.72. The van der Waals surface area contributed by atoms with Crippen LogP contribution in [0.5, 0.6) is 0 Å². The van der Waals surface area contributed by atoms with E-state index in [1.54, 1.807) is 36.4 Å². The largest absolute Gasteiger partial charge is 0.367 e. The predicted molar refractivity (Wildman–Crippen MR) is 110 cm³/mol. The minimum absolute atomic E-state index is 0.0512. The highest BCUT2D eigenvalue weighted by atomic mass is 35.5. The molecular weight excluding hydrogens is 376 g/mol. The topological polar surface area (TPSA) is 56.8 Å². The van der Waals surface area contributed by atoms with E-state index in [-0.39, 0.29) is 17.9 Å². The van der Waals surface area contributed by atoms with Crippen LogP contribution in [0.3, 0.4) is 0 Å². The van der Waals surface area contributed by atoms with E-state index < -0.39 is 5.54 Å². The Balaban J connectivity index is 1.63. The lowest BCUT2D eigenvalue weighted by molar-refractivity contribution is -0.133. The molecule has 0 N–H and O–H groups in total. The van der Waals surface area contributed by atoms with Crippen LogP contribution in [0.25, 0.3) is 0 Å². The lowest BCUT2D eigenvalue weighted by Crippen LogP contribution is -2.59. The van der Waals surface area contributed by atoms with Crippen molar-refractivity contribution >= 4 is 34.8 Å². The van der Waals surface area contributed by atoms with E-state index in [9.17, 15) is 9.59 Å². The molecule has 0 spiro atoms. The molecule has 0 bridgehead atoms. The molecule has 1 aromatic heterocycles. The molecule has 3 heterocycles. The van der Waals surface area contributed by atoms with Crippen molar-refractivity contribution < 1.29 is 9.59 Å². The van der Waals surface area contributed by atoms with Crippen LogP contribution < -0.4 is 9.80 Å². The Morgan fingerprint density at radius 2 is 1.96 bits per heavy atom. The first-order valence-electron chi connectivity index (χ1n) is 9.28. The summed E-state index contributed by atoms with van der Waals surface area (Å²) in [6.07, 6.45) is 3.50. The van der Waals surface area contributed by atoms with Gasteiger partial charge in [-0.25, -0.2) is 0 Å². The van der Waals surface area contributed by atoms with Gasteiger partial charge in [-0.05, 0) is 43.7 Å². The average Bonchev–Trinajstić information content (AvgIpc) is 2.79. The van der Waals surface area contributed by atoms with Crippen molar-refractivity contribution in [2.45, 2.75) is 32.4 Å². The minimum atomic E-state index is -0.530. The Morgan fingerprint density at radius 3 is 2.64 bits per heavy atom. The smallest absolute Gasteiger partial charge is 0.259 e. The summed E-state index contributed by atoms with van der Waals surface area (Å²) in [7, 11) is 1.99. The maximum absolute atomic E-state index is 13.1. The van der Waals surface area contributed by atoms with E-state index in [1.165, 1.54) is 0 Å². The van der Waals surface area contributed by atoms with Crippen LogP contribution in [0.1, 0.15) is 36.7 Å². The Morgan fingerprint density at radius 1 is 1.25 bits per heavy atom. The van der Waals surface area contributed by atoms with Gasteiger partial charge in [0.15, 0.2) is 0 Å². The number of hydrogen-bond donors (Lipinski definition) is 0. The monoisotopic (exact) mass is 398 g/mol. The van der Waals surface area contributed by atoms with E-state index in [1.807, 2.05) is 37.9 Å². The van der Waals surface area contributed by atoms with E-state index in [0.29, 0.717) is 23.7 Å². The fourth-order valence-electron chi connectivity index (χ4n) is 4.04. The van der Waals surface area contributed by atoms with Gasteiger partial charge in [0.25, 0.3) is 5.91 Å². The predicted octanol–water partition coefficient (Wildman–Crippen LogP) is 3.30. The number of rotatable bonds is 3. The van der Waals surface area contributed by atoms with Gasteiger partial charge in [-0.2, -0.15) is 0 Å². The normalized spacial score (nSPS) is 18.1. The van der Waals surface area contributed by atoms with E-state index in [2.05, 4.69) is 9.88 Å². The van der Waals surface area contributed by atoms with Crippen molar-refractivity contribution in [1.82, 2.24) is 9.88 Å². The third-order valence-electron chi connectivity index (χ3n) is 5.86. The Kier molecular flexibility index (Phi) is 4.34. The second kappa shape index (κ2) is 6.48. The van der Waals surface area contributed by atoms with Crippen molar-refractivity contribution in [3.63, 3.8) is 0 Å². The van der Waals surface area contributed by atoms with Gasteiger partial charge in [0.2, 0.25) is 5.91 Å². The first kappa shape index (κ1) is 18.7. The second-order valence-corrected chi connectivity index (χ2v) is 8.42. The molecule has 1 fully saturated rings. The number of aromatic nitrogens is 1. The molecule has 4 rings (SSSR count). The van der Waals surface area contributed by atoms with Gasteiger partial charge in [0.05, 0.1) is 35.3 Å². The highest BCUT2D eigenvalue weighted by Gasteiger charge is 2.44. The molecule has 6 nitrogen and oxygen atoms in total. The fraction of sp³-hybridized carbons (Fsp3) is 0.381. The van der Waals surface area contributed by atoms with Gasteiger partial charge >= 0.3 is 0 Å². The van der Waals surface area contributed by atoms with Crippen LogP contribution in [-0.4, -0.2) is 47.9 Å². The number of fused-ring (bicyclic) bond motifs is 1. The number of pyridine rings is 1. The van der Waals surface area contributed by atoms with Gasteiger partial charge < -0.3 is 9.80 Å². The Labute approximate surface area is 169 Å². The average molecular weight is 399 g/mol. The molecule has 1 saturated heterocycles. The lowest BCUT2D eigenvalue weighted by atomic mass is 9.93. The van der Waals surface area contributed by atoms with Crippen LogP contribution in [0.2, 0.25) is 5.02 Å². The zero-order valence-electron chi connectivity index (χ0n) is 16.4. The third-order valence-corrected chi connectivity index (χ3v) is 6.10. The highest BCUT2D eigenvalue weighted by Crippen LogP contribution is 2.43. The number of likely N-dealkylation sites (N-methyl/N-ethyl adjacent to an activating group) is 1. The number of halogens is 1. The molecule has 0 aliphatic carbocycles. The maximum atomic E-state index is 13.1. The summed E-state index contributed by atoms with van der Waals surface area (Å²) >= 11 is 6.17. The molecule has 2 aliphatic rings. The molecule has 1 aromatic carbocycles. The van der Waals surface area contributed by atoms with Crippen LogP contribution >= 0.6 is 11.6 Å². The first-order valence-corrected chi connectivity index (χ1v) is 9.66. The fourth-order valence-corrected chi connectivity index (χ4v) is 4.22. The molecule has 7 heteroatoms. The number of likely N-dealkylation sites (tertiary alicyclic amines) is 1. The SMILES string of the molecule is CC(=O)N1CC(N(C)c2cncc(N3C(=O)c4ccc(Cl)cc4C3(C)C)c2)C1. The lowest BCUT2D eigenvalue weighted by Gasteiger charge is -2.44. The molecular formula is C21H23ClN4O2. The number of hydrogen-bond acceptors (Lipinski definition) is 4. The van der Waals surface area contributed by atoms with Crippen molar-refractivity contribution in [1.29, 1.82) is 0 Å². The molecule has 2 aliphatic heterocycles. The van der Waals surface area contributed by atoms with Gasteiger partial charge in [-0.1, -0.05) is 11.6 Å². The van der Waals surface area contributed by atoms with Crippen LogP contribution in [-0.2, 0) is 10.3 Å². The van der Waals surface area contributed by atoms with Crippen LogP contribution in [0.15, 0.2) is 36.7 Å². The first-order chi connectivity index (χ1) is 13.2. The number of benzene rings is 1. The molecule has 2 amide bonds. The summed E-state index contributed by atoms with van der Waals surface area (Å²) in [5, 5.41) is 0.619. The molecule has 0 radical (unpaired) electrons. The standard InChI is InChI=1S/C21H23ClN4O2/c1-13(27)25-11-17(12-25)24(4)15-8-16(10-23-9-15)26-20(28)18-6-5-14(22)7-19(18)21(26,2)3/h5-10,17H,11-12H2,1-4H3. The molecule has 0 saturated carbocycles. The Bertz CT molecular complexity index is 969. The van der Waals surface area contributed by atoms with Crippen LogP contribution in [0.4, 0.5) is 11.4 Å². The minimum Gasteiger partial charge on any atom is -0.367 e. The summed E-state index contributed by atoms with van der Waals surface area (Å²) in [5.74, 6) is 0.0435. The quantitative estimate of drug-likeness (QED) is 0.796. The van der Waals surface area contributed by atoms with E-state index in [0.717, 1.165) is 16.9 Å². The molecule has 0 atom stereocenters. The summed E-state index contributed by atoms with van der Waals surface area (Å²) in [6, 6.07) is 7.63. The number of nitrogens with zero attached hydrogens (tertiary/aromatic N) is 4. The molecule has 2 aromatic rings.